The number of carbonyl (C=O) groups is 2. The Balaban J connectivity index is 2.07. The maximum absolute atomic E-state index is 12.9. The van der Waals surface area contributed by atoms with Crippen LogP contribution < -0.4 is 5.32 Å². The number of para-hydroxylation sites is 1. The monoisotopic (exact) mass is 399 g/mol. The quantitative estimate of drug-likeness (QED) is 0.549. The number of thioether (sulfide) groups is 1. The SMILES string of the molecule is O=C(CS/C(=C/c1ccc(F)cc1)C(=O)O)Nc1ccccc1C(F)(F)F. The lowest BCUT2D eigenvalue weighted by atomic mass is 10.1. The third kappa shape index (κ3) is 6.14. The number of hydrogen-bond donors (Lipinski definition) is 2. The predicted octanol–water partition coefficient (Wildman–Crippen LogP) is 4.64. The minimum atomic E-state index is -4.63. The smallest absolute Gasteiger partial charge is 0.418 e. The molecule has 0 saturated heterocycles. The van der Waals surface area contributed by atoms with E-state index < -0.39 is 40.9 Å². The first kappa shape index (κ1) is 20.5. The summed E-state index contributed by atoms with van der Waals surface area (Å²) in [6.45, 7) is 0. The Kier molecular flexibility index (Phi) is 6.62. The third-order valence-corrected chi connectivity index (χ3v) is 4.25. The Morgan fingerprint density at radius 1 is 1.07 bits per heavy atom. The van der Waals surface area contributed by atoms with Crippen LogP contribution in [0.3, 0.4) is 0 Å². The lowest BCUT2D eigenvalue weighted by molar-refractivity contribution is -0.137. The molecule has 0 bridgehead atoms. The summed E-state index contributed by atoms with van der Waals surface area (Å²) >= 11 is 0.644. The number of nitrogens with one attached hydrogen (secondary N) is 1. The second-order valence-electron chi connectivity index (χ2n) is 5.25. The van der Waals surface area contributed by atoms with Crippen molar-refractivity contribution >= 4 is 35.4 Å². The lowest BCUT2D eigenvalue weighted by Gasteiger charge is -2.13. The van der Waals surface area contributed by atoms with Crippen LogP contribution in [0.15, 0.2) is 53.4 Å². The van der Waals surface area contributed by atoms with Gasteiger partial charge in [0.05, 0.1) is 21.9 Å². The van der Waals surface area contributed by atoms with Gasteiger partial charge >= 0.3 is 12.1 Å². The van der Waals surface area contributed by atoms with Gasteiger partial charge in [0, 0.05) is 0 Å². The highest BCUT2D eigenvalue weighted by atomic mass is 32.2. The molecule has 0 saturated carbocycles. The number of anilines is 1. The van der Waals surface area contributed by atoms with E-state index in [-0.39, 0.29) is 4.91 Å². The molecule has 9 heteroatoms. The number of carboxylic acids is 1. The number of halogens is 4. The van der Waals surface area contributed by atoms with Gasteiger partial charge in [-0.3, -0.25) is 4.79 Å². The van der Waals surface area contributed by atoms with Gasteiger partial charge in [-0.2, -0.15) is 13.2 Å². The number of amides is 1. The zero-order valence-corrected chi connectivity index (χ0v) is 14.4. The molecule has 0 radical (unpaired) electrons. The highest BCUT2D eigenvalue weighted by Crippen LogP contribution is 2.34. The first-order valence-corrected chi connectivity index (χ1v) is 8.45. The van der Waals surface area contributed by atoms with Crippen molar-refractivity contribution in [2.75, 3.05) is 11.1 Å². The number of alkyl halides is 3. The molecule has 2 N–H and O–H groups in total. The maximum Gasteiger partial charge on any atom is 0.418 e. The van der Waals surface area contributed by atoms with Crippen LogP contribution in [0.25, 0.3) is 6.08 Å². The molecular weight excluding hydrogens is 386 g/mol. The lowest BCUT2D eigenvalue weighted by Crippen LogP contribution is -2.18. The molecule has 2 aromatic carbocycles. The van der Waals surface area contributed by atoms with Crippen LogP contribution in [0.5, 0.6) is 0 Å². The summed E-state index contributed by atoms with van der Waals surface area (Å²) in [5.41, 5.74) is -0.997. The van der Waals surface area contributed by atoms with Crippen molar-refractivity contribution in [3.63, 3.8) is 0 Å². The van der Waals surface area contributed by atoms with E-state index >= 15 is 0 Å². The van der Waals surface area contributed by atoms with Crippen LogP contribution >= 0.6 is 11.8 Å². The van der Waals surface area contributed by atoms with Crippen molar-refractivity contribution < 1.29 is 32.3 Å². The summed E-state index contributed by atoms with van der Waals surface area (Å²) in [5, 5.41) is 11.3. The number of hydrogen-bond acceptors (Lipinski definition) is 3. The third-order valence-electron chi connectivity index (χ3n) is 3.24. The van der Waals surface area contributed by atoms with Gasteiger partial charge in [-0.1, -0.05) is 24.3 Å². The molecule has 0 spiro atoms. The molecule has 0 aliphatic heterocycles. The molecule has 27 heavy (non-hydrogen) atoms. The Morgan fingerprint density at radius 2 is 1.70 bits per heavy atom. The van der Waals surface area contributed by atoms with E-state index in [1.54, 1.807) is 0 Å². The predicted molar refractivity (Wildman–Crippen MR) is 94.5 cm³/mol. The second kappa shape index (κ2) is 8.72. The standard InChI is InChI=1S/C18H13F4NO3S/c19-12-7-5-11(6-8-12)9-15(17(25)26)27-10-16(24)23-14-4-2-1-3-13(14)18(20,21)22/h1-9H,10H2,(H,23,24)(H,25,26)/b15-9+. The molecule has 0 aromatic heterocycles. The van der Waals surface area contributed by atoms with Gasteiger partial charge in [0.1, 0.15) is 5.82 Å². The van der Waals surface area contributed by atoms with Gasteiger partial charge in [-0.25, -0.2) is 9.18 Å². The van der Waals surface area contributed by atoms with Crippen LogP contribution in [0, 0.1) is 5.82 Å². The van der Waals surface area contributed by atoms with Crippen molar-refractivity contribution in [1.29, 1.82) is 0 Å². The number of benzene rings is 2. The number of carboxylic acid groups (broad SMARTS) is 1. The normalized spacial score (nSPS) is 11.9. The number of carbonyl (C=O) groups excluding carboxylic acids is 1. The fourth-order valence-electron chi connectivity index (χ4n) is 2.04. The first-order valence-electron chi connectivity index (χ1n) is 7.46. The summed E-state index contributed by atoms with van der Waals surface area (Å²) in [6.07, 6.45) is -3.39. The largest absolute Gasteiger partial charge is 0.477 e. The second-order valence-corrected chi connectivity index (χ2v) is 6.26. The van der Waals surface area contributed by atoms with Crippen molar-refractivity contribution in [2.45, 2.75) is 6.18 Å². The molecule has 2 aromatic rings. The molecule has 0 heterocycles. The average Bonchev–Trinajstić information content (AvgIpc) is 2.59. The van der Waals surface area contributed by atoms with Gasteiger partial charge in [0.2, 0.25) is 5.91 Å². The van der Waals surface area contributed by atoms with Gasteiger partial charge < -0.3 is 10.4 Å². The highest BCUT2D eigenvalue weighted by Gasteiger charge is 2.33. The summed E-state index contributed by atoms with van der Waals surface area (Å²) in [6, 6.07) is 9.50. The Hall–Kier alpha value is -2.81. The first-order chi connectivity index (χ1) is 12.7. The van der Waals surface area contributed by atoms with Crippen molar-refractivity contribution in [3.8, 4) is 0 Å². The summed E-state index contributed by atoms with van der Waals surface area (Å²) in [5.74, 6) is -3.00. The molecule has 142 valence electrons. The zero-order valence-electron chi connectivity index (χ0n) is 13.6. The fourth-order valence-corrected chi connectivity index (χ4v) is 2.75. The molecule has 4 nitrogen and oxygen atoms in total. The summed E-state index contributed by atoms with van der Waals surface area (Å²) in [4.78, 5) is 23.0. The van der Waals surface area contributed by atoms with Crippen LogP contribution in [-0.2, 0) is 15.8 Å². The number of rotatable bonds is 6. The molecule has 1 amide bonds. The molecule has 0 unspecified atom stereocenters. The minimum Gasteiger partial charge on any atom is -0.477 e. The van der Waals surface area contributed by atoms with E-state index in [1.807, 2.05) is 0 Å². The summed E-state index contributed by atoms with van der Waals surface area (Å²) in [7, 11) is 0. The van der Waals surface area contributed by atoms with Crippen molar-refractivity contribution in [2.24, 2.45) is 0 Å². The fraction of sp³-hybridized carbons (Fsp3) is 0.111. The van der Waals surface area contributed by atoms with E-state index in [1.165, 1.54) is 30.3 Å². The zero-order chi connectivity index (χ0) is 20.0. The van der Waals surface area contributed by atoms with Crippen LogP contribution in [-0.4, -0.2) is 22.7 Å². The molecule has 0 aliphatic rings. The van der Waals surface area contributed by atoms with Gasteiger partial charge in [-0.05, 0) is 35.9 Å². The topological polar surface area (TPSA) is 66.4 Å². The summed E-state index contributed by atoms with van der Waals surface area (Å²) < 4.78 is 51.6. The van der Waals surface area contributed by atoms with Crippen LogP contribution in [0.2, 0.25) is 0 Å². The minimum absolute atomic E-state index is 0.208. The molecule has 2 rings (SSSR count). The van der Waals surface area contributed by atoms with E-state index in [0.717, 1.165) is 24.3 Å². The average molecular weight is 399 g/mol. The van der Waals surface area contributed by atoms with Crippen molar-refractivity contribution in [1.82, 2.24) is 0 Å². The Labute approximate surface area is 155 Å². The van der Waals surface area contributed by atoms with E-state index in [0.29, 0.717) is 17.3 Å². The van der Waals surface area contributed by atoms with Crippen LogP contribution in [0.4, 0.5) is 23.2 Å². The number of aliphatic carboxylic acids is 1. The maximum atomic E-state index is 12.9. The Bertz CT molecular complexity index is 864. The Morgan fingerprint density at radius 3 is 2.30 bits per heavy atom. The molecule has 0 aliphatic carbocycles. The van der Waals surface area contributed by atoms with Crippen molar-refractivity contribution in [3.05, 3.63) is 70.4 Å². The van der Waals surface area contributed by atoms with Crippen LogP contribution in [0.1, 0.15) is 11.1 Å². The molecule has 0 fully saturated rings. The molecular formula is C18H13F4NO3S. The van der Waals surface area contributed by atoms with E-state index in [2.05, 4.69) is 5.32 Å². The molecule has 0 atom stereocenters. The van der Waals surface area contributed by atoms with Gasteiger partial charge in [0.15, 0.2) is 0 Å². The van der Waals surface area contributed by atoms with Gasteiger partial charge in [0.25, 0.3) is 0 Å². The van der Waals surface area contributed by atoms with E-state index in [4.69, 9.17) is 0 Å². The highest BCUT2D eigenvalue weighted by molar-refractivity contribution is 8.04. The van der Waals surface area contributed by atoms with Gasteiger partial charge in [-0.15, -0.1) is 11.8 Å². The van der Waals surface area contributed by atoms with E-state index in [9.17, 15) is 32.3 Å².